The van der Waals surface area contributed by atoms with E-state index in [4.69, 9.17) is 13.7 Å². The standard InChI is InChI=1S/C12H19N/c1-12(2,3)10-6-8-11(9-7-10)13(4)5/h6-9H,1-5H3/i4D3,5D3,6D,7D,8D,9D. The summed E-state index contributed by atoms with van der Waals surface area (Å²) in [6.07, 6.45) is 0. The van der Waals surface area contributed by atoms with E-state index in [1.54, 1.807) is 20.8 Å². The second-order valence-corrected chi connectivity index (χ2v) is 3.81. The van der Waals surface area contributed by atoms with Crippen LogP contribution in [0.1, 0.15) is 40.0 Å². The van der Waals surface area contributed by atoms with Gasteiger partial charge in [-0.25, -0.2) is 0 Å². The van der Waals surface area contributed by atoms with Crippen molar-refractivity contribution in [2.24, 2.45) is 0 Å². The van der Waals surface area contributed by atoms with Crippen LogP contribution in [-0.2, 0) is 5.41 Å². The molecule has 0 N–H and O–H groups in total. The van der Waals surface area contributed by atoms with Crippen molar-refractivity contribution in [1.29, 1.82) is 0 Å². The Morgan fingerprint density at radius 2 is 1.69 bits per heavy atom. The molecule has 0 aliphatic carbocycles. The van der Waals surface area contributed by atoms with Gasteiger partial charge < -0.3 is 4.90 Å². The molecule has 0 aliphatic heterocycles. The molecule has 0 saturated carbocycles. The highest BCUT2D eigenvalue weighted by Crippen LogP contribution is 2.23. The SMILES string of the molecule is [2H]c1c([2H])c(C(C)(C)C)c([2H])c([2H])c1N(C([2H])([2H])[2H])C([2H])([2H])[2H]. The normalized spacial score (nSPS) is 24.5. The molecule has 0 unspecified atom stereocenters. The summed E-state index contributed by atoms with van der Waals surface area (Å²) < 4.78 is 76.5. The predicted molar refractivity (Wildman–Crippen MR) is 59.5 cm³/mol. The zero-order valence-electron chi connectivity index (χ0n) is 17.9. The van der Waals surface area contributed by atoms with E-state index in [-0.39, 0.29) is 10.5 Å². The number of anilines is 1. The van der Waals surface area contributed by atoms with Crippen molar-refractivity contribution in [2.45, 2.75) is 26.2 Å². The summed E-state index contributed by atoms with van der Waals surface area (Å²) in [4.78, 5) is -0.00676. The Morgan fingerprint density at radius 3 is 2.08 bits per heavy atom. The number of nitrogens with zero attached hydrogens (tertiary/aromatic N) is 1. The lowest BCUT2D eigenvalue weighted by molar-refractivity contribution is 0.590. The Labute approximate surface area is 95.4 Å². The van der Waals surface area contributed by atoms with Crippen LogP contribution >= 0.6 is 0 Å². The van der Waals surface area contributed by atoms with Crippen LogP contribution in [0.25, 0.3) is 0 Å². The lowest BCUT2D eigenvalue weighted by Gasteiger charge is -2.20. The van der Waals surface area contributed by atoms with Crippen molar-refractivity contribution >= 4 is 5.69 Å². The van der Waals surface area contributed by atoms with Crippen LogP contribution in [0.15, 0.2) is 24.2 Å². The maximum absolute atomic E-state index is 8.05. The monoisotopic (exact) mass is 187 g/mol. The van der Waals surface area contributed by atoms with Gasteiger partial charge in [0.1, 0.15) is 0 Å². The van der Waals surface area contributed by atoms with Gasteiger partial charge in [-0.15, -0.1) is 0 Å². The van der Waals surface area contributed by atoms with Gasteiger partial charge in [0, 0.05) is 27.9 Å². The first-order chi connectivity index (χ1) is 10.0. The fourth-order valence-corrected chi connectivity index (χ4v) is 0.793. The van der Waals surface area contributed by atoms with Gasteiger partial charge in [-0.1, -0.05) is 32.9 Å². The van der Waals surface area contributed by atoms with Crippen LogP contribution in [-0.4, -0.2) is 14.0 Å². The van der Waals surface area contributed by atoms with Gasteiger partial charge in [0.2, 0.25) is 0 Å². The quantitative estimate of drug-likeness (QED) is 0.653. The number of rotatable bonds is 1. The van der Waals surface area contributed by atoms with Crippen LogP contribution in [0.5, 0.6) is 0 Å². The van der Waals surface area contributed by atoms with Crippen molar-refractivity contribution in [2.75, 3.05) is 18.9 Å². The van der Waals surface area contributed by atoms with E-state index in [2.05, 4.69) is 0 Å². The maximum atomic E-state index is 8.05. The molecule has 1 rings (SSSR count). The second kappa shape index (κ2) is 3.41. The second-order valence-electron chi connectivity index (χ2n) is 3.81. The Kier molecular flexibility index (Phi) is 0.789. The van der Waals surface area contributed by atoms with E-state index in [1.165, 1.54) is 0 Å². The van der Waals surface area contributed by atoms with Gasteiger partial charge in [-0.3, -0.25) is 0 Å². The largest absolute Gasteiger partial charge is 0.378 e. The van der Waals surface area contributed by atoms with E-state index >= 15 is 0 Å². The average molecular weight is 187 g/mol. The van der Waals surface area contributed by atoms with Gasteiger partial charge in [0.15, 0.2) is 0 Å². The van der Waals surface area contributed by atoms with E-state index in [1.807, 2.05) is 0 Å². The summed E-state index contributed by atoms with van der Waals surface area (Å²) in [5.74, 6) is 0. The molecule has 0 atom stereocenters. The molecular weight excluding hydrogens is 158 g/mol. The summed E-state index contributed by atoms with van der Waals surface area (Å²) in [6.45, 7) is -1.19. The molecule has 1 heteroatoms. The van der Waals surface area contributed by atoms with Gasteiger partial charge in [0.25, 0.3) is 0 Å². The smallest absolute Gasteiger partial charge is 0.0645 e. The Hall–Kier alpha value is -0.980. The molecule has 0 radical (unpaired) electrons. The average Bonchev–Trinajstić information content (AvgIpc) is 2.27. The number of hydrogen-bond donors (Lipinski definition) is 0. The summed E-state index contributed by atoms with van der Waals surface area (Å²) >= 11 is 0. The molecule has 0 amide bonds. The highest BCUT2D eigenvalue weighted by atomic mass is 15.1. The maximum Gasteiger partial charge on any atom is 0.0645 e. The summed E-state index contributed by atoms with van der Waals surface area (Å²) in [5.41, 5.74) is -1.36. The van der Waals surface area contributed by atoms with Crippen molar-refractivity contribution in [3.63, 3.8) is 0 Å². The zero-order chi connectivity index (χ0) is 18.5. The van der Waals surface area contributed by atoms with Crippen molar-refractivity contribution < 1.29 is 13.7 Å². The zero-order valence-corrected chi connectivity index (χ0v) is 7.95. The third-order valence-corrected chi connectivity index (χ3v) is 1.59. The first kappa shape index (κ1) is 3.01. The third kappa shape index (κ3) is 2.48. The number of hydrogen-bond acceptors (Lipinski definition) is 1. The van der Waals surface area contributed by atoms with Gasteiger partial charge >= 0.3 is 0 Å². The van der Waals surface area contributed by atoms with Crippen LogP contribution in [0.4, 0.5) is 5.69 Å². The molecule has 0 saturated heterocycles. The minimum Gasteiger partial charge on any atom is -0.378 e. The highest BCUT2D eigenvalue weighted by molar-refractivity contribution is 5.47. The minimum absolute atomic E-state index is 0.00676. The summed E-state index contributed by atoms with van der Waals surface area (Å²) in [5, 5.41) is 0. The first-order valence-corrected chi connectivity index (χ1v) is 3.92. The first-order valence-electron chi connectivity index (χ1n) is 8.92. The number of benzene rings is 1. The predicted octanol–water partition coefficient (Wildman–Crippen LogP) is 3.05. The van der Waals surface area contributed by atoms with E-state index < -0.39 is 49.2 Å². The van der Waals surface area contributed by atoms with Crippen molar-refractivity contribution in [1.82, 2.24) is 0 Å². The van der Waals surface area contributed by atoms with E-state index in [9.17, 15) is 0 Å². The third-order valence-electron chi connectivity index (χ3n) is 1.59. The molecule has 1 aromatic carbocycles. The van der Waals surface area contributed by atoms with Crippen molar-refractivity contribution in [3.05, 3.63) is 29.7 Å². The van der Waals surface area contributed by atoms with Gasteiger partial charge in [0.05, 0.1) is 5.48 Å². The topological polar surface area (TPSA) is 3.24 Å². The highest BCUT2D eigenvalue weighted by Gasteiger charge is 2.12. The molecule has 1 aromatic rings. The minimum atomic E-state index is -3.14. The molecule has 13 heavy (non-hydrogen) atoms. The lowest BCUT2D eigenvalue weighted by atomic mass is 9.87. The molecule has 0 aliphatic rings. The fourth-order valence-electron chi connectivity index (χ4n) is 0.793. The summed E-state index contributed by atoms with van der Waals surface area (Å²) in [7, 11) is 0. The fraction of sp³-hybridized carbons (Fsp3) is 0.500. The molecular formula is C12H19N. The Balaban J connectivity index is 3.88. The van der Waals surface area contributed by atoms with Crippen LogP contribution in [0.3, 0.4) is 0 Å². The lowest BCUT2D eigenvalue weighted by Crippen LogP contribution is -2.12. The molecule has 72 valence electrons. The van der Waals surface area contributed by atoms with Gasteiger partial charge in [-0.05, 0) is 23.1 Å². The molecule has 1 nitrogen and oxygen atoms in total. The van der Waals surface area contributed by atoms with Crippen LogP contribution < -0.4 is 4.90 Å². The Morgan fingerprint density at radius 1 is 1.15 bits per heavy atom. The van der Waals surface area contributed by atoms with E-state index in [0.29, 0.717) is 0 Å². The van der Waals surface area contributed by atoms with Gasteiger partial charge in [-0.2, -0.15) is 0 Å². The summed E-state index contributed by atoms with van der Waals surface area (Å²) in [6, 6.07) is -2.23. The molecule has 0 bridgehead atoms. The van der Waals surface area contributed by atoms with E-state index in [0.717, 1.165) is 0 Å². The van der Waals surface area contributed by atoms with Crippen molar-refractivity contribution in [3.8, 4) is 0 Å². The molecule has 0 fully saturated rings. The Bertz CT molecular complexity index is 565. The molecule has 0 heterocycles. The molecule has 0 aromatic heterocycles. The molecule has 0 spiro atoms. The van der Waals surface area contributed by atoms with Crippen LogP contribution in [0, 0.1) is 0 Å². The van der Waals surface area contributed by atoms with Crippen LogP contribution in [0.2, 0.25) is 0 Å².